The second-order valence-corrected chi connectivity index (χ2v) is 4.08. The highest BCUT2D eigenvalue weighted by atomic mass is 16.5. The summed E-state index contributed by atoms with van der Waals surface area (Å²) in [5.41, 5.74) is 6.93. The number of hydrogen-bond donors (Lipinski definition) is 1. The molecule has 0 saturated carbocycles. The maximum absolute atomic E-state index is 5.85. The first-order valence-electron chi connectivity index (χ1n) is 5.36. The summed E-state index contributed by atoms with van der Waals surface area (Å²) in [6.07, 6.45) is 0.247. The molecule has 1 heterocycles. The lowest BCUT2D eigenvalue weighted by molar-refractivity contribution is -0.00661. The van der Waals surface area contributed by atoms with Crippen LogP contribution in [0.2, 0.25) is 0 Å². The van der Waals surface area contributed by atoms with Crippen LogP contribution < -0.4 is 5.73 Å². The minimum Gasteiger partial charge on any atom is -0.375 e. The third kappa shape index (κ3) is 3.04. The molecular formula is C11H21N3O. The lowest BCUT2D eigenvalue weighted by Crippen LogP contribution is -2.41. The molecule has 86 valence electrons. The molecule has 4 heteroatoms. The van der Waals surface area contributed by atoms with Gasteiger partial charge in [0.2, 0.25) is 0 Å². The van der Waals surface area contributed by atoms with Gasteiger partial charge in [0.1, 0.15) is 5.82 Å². The molecule has 1 unspecified atom stereocenters. The van der Waals surface area contributed by atoms with Crippen LogP contribution in [-0.2, 0) is 4.74 Å². The highest BCUT2D eigenvalue weighted by Crippen LogP contribution is 2.17. The summed E-state index contributed by atoms with van der Waals surface area (Å²) in [5, 5.41) is 0. The molecule has 1 saturated heterocycles. The highest BCUT2D eigenvalue weighted by molar-refractivity contribution is 5.31. The number of aliphatic imine (C=N–C) groups is 1. The van der Waals surface area contributed by atoms with Crippen molar-refractivity contribution in [3.8, 4) is 0 Å². The van der Waals surface area contributed by atoms with Crippen molar-refractivity contribution in [1.82, 2.24) is 4.90 Å². The molecule has 0 radical (unpaired) electrons. The van der Waals surface area contributed by atoms with Crippen LogP contribution in [0.1, 0.15) is 20.8 Å². The summed E-state index contributed by atoms with van der Waals surface area (Å²) in [5.74, 6) is 0.917. The van der Waals surface area contributed by atoms with Crippen LogP contribution in [0.3, 0.4) is 0 Å². The minimum atomic E-state index is 0.0173. The molecule has 0 aliphatic carbocycles. The second-order valence-electron chi connectivity index (χ2n) is 4.08. The average Bonchev–Trinajstić information content (AvgIpc) is 2.18. The summed E-state index contributed by atoms with van der Waals surface area (Å²) in [6, 6.07) is 0.0173. The maximum atomic E-state index is 5.85. The summed E-state index contributed by atoms with van der Waals surface area (Å²) in [4.78, 5) is 6.28. The molecule has 0 bridgehead atoms. The number of morpholine rings is 1. The average molecular weight is 211 g/mol. The largest absolute Gasteiger partial charge is 0.375 e. The minimum absolute atomic E-state index is 0.0173. The Labute approximate surface area is 91.8 Å². The summed E-state index contributed by atoms with van der Waals surface area (Å²) >= 11 is 0. The van der Waals surface area contributed by atoms with Crippen molar-refractivity contribution in [1.29, 1.82) is 0 Å². The summed E-state index contributed by atoms with van der Waals surface area (Å²) in [7, 11) is 0. The fourth-order valence-electron chi connectivity index (χ4n) is 1.69. The van der Waals surface area contributed by atoms with Gasteiger partial charge in [-0.15, -0.1) is 0 Å². The lowest BCUT2D eigenvalue weighted by Gasteiger charge is -2.34. The van der Waals surface area contributed by atoms with Gasteiger partial charge in [0.05, 0.1) is 12.7 Å². The zero-order chi connectivity index (χ0) is 11.4. The fraction of sp³-hybridized carbons (Fsp3) is 0.727. The Hall–Kier alpha value is -0.870. The summed E-state index contributed by atoms with van der Waals surface area (Å²) < 4.78 is 5.49. The first-order valence-corrected chi connectivity index (χ1v) is 5.36. The number of rotatable bonds is 3. The molecule has 0 aromatic rings. The monoisotopic (exact) mass is 211 g/mol. The van der Waals surface area contributed by atoms with E-state index >= 15 is 0 Å². The van der Waals surface area contributed by atoms with Crippen LogP contribution in [-0.4, -0.2) is 43.5 Å². The Morgan fingerprint density at radius 1 is 1.67 bits per heavy atom. The van der Waals surface area contributed by atoms with Gasteiger partial charge in [-0.2, -0.15) is 0 Å². The lowest BCUT2D eigenvalue weighted by atomic mass is 10.1. The predicted octanol–water partition coefficient (Wildman–Crippen LogP) is 0.986. The van der Waals surface area contributed by atoms with Crippen LogP contribution in [0.25, 0.3) is 0 Å². The van der Waals surface area contributed by atoms with Crippen molar-refractivity contribution < 1.29 is 4.74 Å². The van der Waals surface area contributed by atoms with E-state index in [1.165, 1.54) is 0 Å². The standard InChI is InChI=1S/C11H21N3O/c1-8-7-14(5-6-15-8)11(13-4)9(2)10(3)12/h8,10H,4-7,12H2,1-3H3/b11-9+/t8-,10?/m1/s1. The molecule has 2 N–H and O–H groups in total. The van der Waals surface area contributed by atoms with Crippen LogP contribution in [0.5, 0.6) is 0 Å². The van der Waals surface area contributed by atoms with Crippen LogP contribution in [0.4, 0.5) is 0 Å². The van der Waals surface area contributed by atoms with Crippen LogP contribution in [0.15, 0.2) is 16.4 Å². The second kappa shape index (κ2) is 5.28. The first-order chi connectivity index (χ1) is 7.06. The Morgan fingerprint density at radius 2 is 2.33 bits per heavy atom. The number of hydrogen-bond acceptors (Lipinski definition) is 4. The van der Waals surface area contributed by atoms with Gasteiger partial charge >= 0.3 is 0 Å². The van der Waals surface area contributed by atoms with E-state index in [9.17, 15) is 0 Å². The quantitative estimate of drug-likeness (QED) is 0.708. The Kier molecular flexibility index (Phi) is 4.29. The molecule has 15 heavy (non-hydrogen) atoms. The Balaban J connectivity index is 2.82. The molecule has 1 aliphatic heterocycles. The molecule has 2 atom stereocenters. The number of ether oxygens (including phenoxy) is 1. The van der Waals surface area contributed by atoms with Gasteiger partial charge in [-0.05, 0) is 33.1 Å². The van der Waals surface area contributed by atoms with Crippen molar-refractivity contribution in [3.05, 3.63) is 11.4 Å². The molecule has 1 rings (SSSR count). The normalized spacial score (nSPS) is 25.9. The van der Waals surface area contributed by atoms with Crippen LogP contribution >= 0.6 is 0 Å². The highest BCUT2D eigenvalue weighted by Gasteiger charge is 2.20. The van der Waals surface area contributed by atoms with Gasteiger partial charge in [-0.3, -0.25) is 0 Å². The van der Waals surface area contributed by atoms with Gasteiger partial charge < -0.3 is 15.4 Å². The van der Waals surface area contributed by atoms with E-state index in [1.54, 1.807) is 0 Å². The van der Waals surface area contributed by atoms with Crippen LogP contribution in [0, 0.1) is 0 Å². The van der Waals surface area contributed by atoms with E-state index < -0.39 is 0 Å². The Morgan fingerprint density at radius 3 is 2.80 bits per heavy atom. The van der Waals surface area contributed by atoms with E-state index in [4.69, 9.17) is 10.5 Å². The van der Waals surface area contributed by atoms with Crippen molar-refractivity contribution >= 4 is 6.72 Å². The molecule has 0 amide bonds. The van der Waals surface area contributed by atoms with E-state index in [1.807, 2.05) is 13.8 Å². The number of nitrogens with two attached hydrogens (primary N) is 1. The molecule has 0 spiro atoms. The summed E-state index contributed by atoms with van der Waals surface area (Å²) in [6.45, 7) is 12.1. The zero-order valence-corrected chi connectivity index (χ0v) is 9.86. The van der Waals surface area contributed by atoms with E-state index in [2.05, 4.69) is 23.5 Å². The molecule has 1 fully saturated rings. The van der Waals surface area contributed by atoms with Gasteiger partial charge in [-0.25, -0.2) is 4.99 Å². The van der Waals surface area contributed by atoms with Crippen molar-refractivity contribution in [2.45, 2.75) is 32.9 Å². The molecule has 0 aromatic carbocycles. The van der Waals surface area contributed by atoms with Crippen molar-refractivity contribution in [2.75, 3.05) is 19.7 Å². The third-order valence-electron chi connectivity index (χ3n) is 2.73. The van der Waals surface area contributed by atoms with E-state index in [0.29, 0.717) is 0 Å². The zero-order valence-electron chi connectivity index (χ0n) is 9.86. The third-order valence-corrected chi connectivity index (χ3v) is 2.73. The van der Waals surface area contributed by atoms with Gasteiger partial charge in [0.15, 0.2) is 0 Å². The van der Waals surface area contributed by atoms with Crippen molar-refractivity contribution in [3.63, 3.8) is 0 Å². The van der Waals surface area contributed by atoms with Crippen molar-refractivity contribution in [2.24, 2.45) is 10.7 Å². The van der Waals surface area contributed by atoms with Gasteiger partial charge in [0.25, 0.3) is 0 Å². The molecule has 1 aliphatic rings. The van der Waals surface area contributed by atoms with Gasteiger partial charge in [0, 0.05) is 19.1 Å². The molecule has 0 aromatic heterocycles. The van der Waals surface area contributed by atoms with E-state index in [0.717, 1.165) is 31.1 Å². The van der Waals surface area contributed by atoms with E-state index in [-0.39, 0.29) is 12.1 Å². The first kappa shape index (κ1) is 12.2. The van der Waals surface area contributed by atoms with Gasteiger partial charge in [-0.1, -0.05) is 0 Å². The Bertz CT molecular complexity index is 261. The number of nitrogens with zero attached hydrogens (tertiary/aromatic N) is 2. The topological polar surface area (TPSA) is 50.8 Å². The molecular weight excluding hydrogens is 190 g/mol. The fourth-order valence-corrected chi connectivity index (χ4v) is 1.69. The predicted molar refractivity (Wildman–Crippen MR) is 62.9 cm³/mol. The maximum Gasteiger partial charge on any atom is 0.128 e. The smallest absolute Gasteiger partial charge is 0.128 e. The SMILES string of the molecule is C=N/C(=C(/C)C(C)N)N1CCO[C@H](C)C1. The molecule has 4 nitrogen and oxygen atoms in total.